The fourth-order valence-electron chi connectivity index (χ4n) is 6.38. The zero-order valence-electron chi connectivity index (χ0n) is 21.1. The first kappa shape index (κ1) is 24.3. The van der Waals surface area contributed by atoms with Crippen LogP contribution >= 0.6 is 0 Å². The number of urea groups is 1. The van der Waals surface area contributed by atoms with Gasteiger partial charge in [-0.3, -0.25) is 9.80 Å². The van der Waals surface area contributed by atoms with E-state index in [0.717, 1.165) is 37.9 Å². The van der Waals surface area contributed by atoms with Crippen molar-refractivity contribution in [1.29, 1.82) is 0 Å². The molecule has 2 amide bonds. The summed E-state index contributed by atoms with van der Waals surface area (Å²) in [5, 5.41) is 0. The molecular formula is C28H37N3O3S. The Bertz CT molecular complexity index is 1170. The van der Waals surface area contributed by atoms with E-state index >= 15 is 0 Å². The van der Waals surface area contributed by atoms with E-state index in [4.69, 9.17) is 0 Å². The Morgan fingerprint density at radius 1 is 0.943 bits per heavy atom. The van der Waals surface area contributed by atoms with Gasteiger partial charge in [0.1, 0.15) is 0 Å². The van der Waals surface area contributed by atoms with Gasteiger partial charge in [0.05, 0.1) is 17.0 Å². The van der Waals surface area contributed by atoms with E-state index in [9.17, 15) is 13.2 Å². The average Bonchev–Trinajstić information content (AvgIpc) is 3.08. The van der Waals surface area contributed by atoms with Gasteiger partial charge in [-0.1, -0.05) is 36.8 Å². The van der Waals surface area contributed by atoms with Crippen molar-refractivity contribution in [2.24, 2.45) is 5.92 Å². The van der Waals surface area contributed by atoms with Crippen LogP contribution in [0, 0.1) is 5.92 Å². The summed E-state index contributed by atoms with van der Waals surface area (Å²) in [7, 11) is 1.07. The molecule has 35 heavy (non-hydrogen) atoms. The van der Waals surface area contributed by atoms with Crippen LogP contribution < -0.4 is 4.90 Å². The lowest BCUT2D eigenvalue weighted by Crippen LogP contribution is -2.56. The maximum absolute atomic E-state index is 13.8. The monoisotopic (exact) mass is 495 g/mol. The van der Waals surface area contributed by atoms with E-state index in [1.54, 1.807) is 24.3 Å². The molecule has 7 heteroatoms. The van der Waals surface area contributed by atoms with Crippen molar-refractivity contribution in [2.45, 2.75) is 60.9 Å². The van der Waals surface area contributed by atoms with Gasteiger partial charge in [0.25, 0.3) is 0 Å². The number of carbonyl (C=O) groups is 1. The smallest absolute Gasteiger partial charge is 0.317 e. The summed E-state index contributed by atoms with van der Waals surface area (Å²) in [6, 6.07) is 17.7. The highest BCUT2D eigenvalue weighted by molar-refractivity contribution is 7.90. The molecule has 2 aromatic rings. The lowest BCUT2D eigenvalue weighted by Gasteiger charge is -2.51. The first-order valence-corrected chi connectivity index (χ1v) is 14.7. The number of anilines is 1. The Hall–Kier alpha value is -2.38. The predicted octanol–water partition coefficient (Wildman–Crippen LogP) is 4.90. The average molecular weight is 496 g/mol. The second-order valence-corrected chi connectivity index (χ2v) is 13.1. The number of sulfone groups is 1. The second kappa shape index (κ2) is 8.93. The van der Waals surface area contributed by atoms with Gasteiger partial charge in [-0.15, -0.1) is 0 Å². The van der Waals surface area contributed by atoms with E-state index in [0.29, 0.717) is 12.5 Å². The number of nitrogens with zero attached hydrogens (tertiary/aromatic N) is 3. The number of hydrogen-bond acceptors (Lipinski definition) is 4. The topological polar surface area (TPSA) is 60.9 Å². The molecule has 0 radical (unpaired) electrons. The second-order valence-electron chi connectivity index (χ2n) is 11.1. The van der Waals surface area contributed by atoms with Crippen LogP contribution in [0.5, 0.6) is 0 Å². The van der Waals surface area contributed by atoms with Crippen LogP contribution in [0.25, 0.3) is 0 Å². The summed E-state index contributed by atoms with van der Waals surface area (Å²) in [6.07, 6.45) is 8.78. The van der Waals surface area contributed by atoms with Crippen molar-refractivity contribution in [3.63, 3.8) is 0 Å². The van der Waals surface area contributed by atoms with Crippen LogP contribution in [-0.4, -0.2) is 63.2 Å². The fraction of sp³-hybridized carbons (Fsp3) is 0.536. The molecule has 0 aromatic heterocycles. The Kier molecular flexibility index (Phi) is 6.20. The maximum atomic E-state index is 13.8. The van der Waals surface area contributed by atoms with Gasteiger partial charge in [0.2, 0.25) is 0 Å². The van der Waals surface area contributed by atoms with Gasteiger partial charge in [0, 0.05) is 24.0 Å². The third-order valence-corrected chi connectivity index (χ3v) is 10.0. The van der Waals surface area contributed by atoms with E-state index in [1.165, 1.54) is 31.1 Å². The molecule has 0 atom stereocenters. The molecule has 0 bridgehead atoms. The standard InChI is InChI=1S/C28H37N3O3S/c1-29(2)28(23-10-5-4-6-11-23)18-16-27(17-19-28)21-30(26(32)31(27)20-22-8-7-9-22)24-12-14-25(15-13-24)35(3,33)34/h4-6,10-15,22H,7-9,16-21H2,1-3H3/t27-,28+. The van der Waals surface area contributed by atoms with Crippen LogP contribution in [0.3, 0.4) is 0 Å². The number of amides is 2. The van der Waals surface area contributed by atoms with Crippen molar-refractivity contribution in [1.82, 2.24) is 9.80 Å². The quantitative estimate of drug-likeness (QED) is 0.572. The zero-order valence-corrected chi connectivity index (χ0v) is 21.9. The molecule has 1 saturated heterocycles. The van der Waals surface area contributed by atoms with Gasteiger partial charge >= 0.3 is 6.03 Å². The van der Waals surface area contributed by atoms with E-state index in [1.807, 2.05) is 4.90 Å². The minimum Gasteiger partial charge on any atom is -0.317 e. The molecule has 2 aromatic carbocycles. The maximum Gasteiger partial charge on any atom is 0.325 e. The number of rotatable bonds is 6. The summed E-state index contributed by atoms with van der Waals surface area (Å²) in [5.41, 5.74) is 1.92. The summed E-state index contributed by atoms with van der Waals surface area (Å²) in [6.45, 7) is 1.49. The highest BCUT2D eigenvalue weighted by atomic mass is 32.2. The molecule has 1 spiro atoms. The molecule has 3 aliphatic rings. The molecular weight excluding hydrogens is 458 g/mol. The number of carbonyl (C=O) groups excluding carboxylic acids is 1. The van der Waals surface area contributed by atoms with Crippen LogP contribution in [-0.2, 0) is 15.4 Å². The SMILES string of the molecule is CN(C)[C@]1(c2ccccc2)CC[C@]2(CC1)CN(c1ccc(S(C)(=O)=O)cc1)C(=O)N2CC1CCC1. The van der Waals surface area contributed by atoms with E-state index < -0.39 is 9.84 Å². The Morgan fingerprint density at radius 3 is 2.09 bits per heavy atom. The summed E-state index contributed by atoms with van der Waals surface area (Å²) in [4.78, 5) is 20.5. The fourth-order valence-corrected chi connectivity index (χ4v) is 7.01. The van der Waals surface area contributed by atoms with Gasteiger partial charge in [-0.05, 0) is 88.4 Å². The highest BCUT2D eigenvalue weighted by Crippen LogP contribution is 2.50. The molecule has 1 heterocycles. The molecule has 5 rings (SSSR count). The molecule has 0 N–H and O–H groups in total. The number of benzene rings is 2. The van der Waals surface area contributed by atoms with Gasteiger partial charge < -0.3 is 4.90 Å². The van der Waals surface area contributed by atoms with Crippen LogP contribution in [0.15, 0.2) is 59.5 Å². The molecule has 0 unspecified atom stereocenters. The van der Waals surface area contributed by atoms with Crippen molar-refractivity contribution in [3.05, 3.63) is 60.2 Å². The molecule has 188 valence electrons. The van der Waals surface area contributed by atoms with Crippen LogP contribution in [0.1, 0.15) is 50.5 Å². The highest BCUT2D eigenvalue weighted by Gasteiger charge is 2.55. The Balaban J connectivity index is 1.44. The Labute approximate surface area is 209 Å². The molecule has 2 aliphatic carbocycles. The summed E-state index contributed by atoms with van der Waals surface area (Å²) in [5.74, 6) is 0.595. The van der Waals surface area contributed by atoms with Gasteiger partial charge in [-0.2, -0.15) is 0 Å². The largest absolute Gasteiger partial charge is 0.325 e. The minimum absolute atomic E-state index is 0.0255. The van der Waals surface area contributed by atoms with Crippen LogP contribution in [0.2, 0.25) is 0 Å². The number of hydrogen-bond donors (Lipinski definition) is 0. The zero-order chi connectivity index (χ0) is 24.8. The van der Waals surface area contributed by atoms with Gasteiger partial charge in [-0.25, -0.2) is 13.2 Å². The molecule has 3 fully saturated rings. The van der Waals surface area contributed by atoms with Crippen LogP contribution in [0.4, 0.5) is 10.5 Å². The Morgan fingerprint density at radius 2 is 1.57 bits per heavy atom. The van der Waals surface area contributed by atoms with Crippen molar-refractivity contribution >= 4 is 21.6 Å². The predicted molar refractivity (Wildman–Crippen MR) is 139 cm³/mol. The van der Waals surface area contributed by atoms with Crippen molar-refractivity contribution < 1.29 is 13.2 Å². The summed E-state index contributed by atoms with van der Waals surface area (Å²) >= 11 is 0. The third kappa shape index (κ3) is 4.27. The van der Waals surface area contributed by atoms with E-state index in [2.05, 4.69) is 54.2 Å². The minimum atomic E-state index is -3.27. The molecule has 1 aliphatic heterocycles. The lowest BCUT2D eigenvalue weighted by molar-refractivity contribution is 0.0172. The van der Waals surface area contributed by atoms with Crippen molar-refractivity contribution in [3.8, 4) is 0 Å². The molecule has 6 nitrogen and oxygen atoms in total. The lowest BCUT2D eigenvalue weighted by atomic mass is 9.68. The normalized spacial score (nSPS) is 27.6. The first-order chi connectivity index (χ1) is 16.6. The van der Waals surface area contributed by atoms with Gasteiger partial charge in [0.15, 0.2) is 9.84 Å². The third-order valence-electron chi connectivity index (χ3n) is 8.90. The summed E-state index contributed by atoms with van der Waals surface area (Å²) < 4.78 is 23.8. The molecule has 2 saturated carbocycles. The first-order valence-electron chi connectivity index (χ1n) is 12.8. The van der Waals surface area contributed by atoms with E-state index in [-0.39, 0.29) is 22.0 Å². The van der Waals surface area contributed by atoms with Crippen molar-refractivity contribution in [2.75, 3.05) is 38.3 Å².